The standard InChI is InChI=1S/C22H22N4O2/c1-28-19-9-7-18(8-10-19)25-13-15-26(16-14-25)22(27)21-12-11-20(23-24-21)17-5-3-2-4-6-17/h2-12H,13-16H2,1H3. The smallest absolute Gasteiger partial charge is 0.274 e. The third-order valence-corrected chi connectivity index (χ3v) is 4.96. The number of nitrogens with zero attached hydrogens (tertiary/aromatic N) is 4. The Hall–Kier alpha value is -3.41. The van der Waals surface area contributed by atoms with Crippen molar-refractivity contribution in [1.29, 1.82) is 0 Å². The van der Waals surface area contributed by atoms with Crippen LogP contribution in [0.1, 0.15) is 10.5 Å². The number of piperazine rings is 1. The molecule has 2 heterocycles. The number of aromatic nitrogens is 2. The van der Waals surface area contributed by atoms with Crippen LogP contribution in [0.5, 0.6) is 5.75 Å². The second-order valence-corrected chi connectivity index (χ2v) is 6.65. The monoisotopic (exact) mass is 374 g/mol. The Balaban J connectivity index is 1.38. The van der Waals surface area contributed by atoms with E-state index >= 15 is 0 Å². The molecule has 6 nitrogen and oxygen atoms in total. The Bertz CT molecular complexity index is 919. The van der Waals surface area contributed by atoms with Gasteiger partial charge in [0.2, 0.25) is 0 Å². The van der Waals surface area contributed by atoms with Gasteiger partial charge in [0.15, 0.2) is 5.69 Å². The van der Waals surface area contributed by atoms with Crippen LogP contribution in [0.2, 0.25) is 0 Å². The number of carbonyl (C=O) groups is 1. The van der Waals surface area contributed by atoms with Crippen molar-refractivity contribution in [2.24, 2.45) is 0 Å². The fourth-order valence-corrected chi connectivity index (χ4v) is 3.33. The van der Waals surface area contributed by atoms with Crippen molar-refractivity contribution in [3.8, 4) is 17.0 Å². The number of ether oxygens (including phenoxy) is 1. The van der Waals surface area contributed by atoms with E-state index in [1.54, 1.807) is 13.2 Å². The van der Waals surface area contributed by atoms with Crippen LogP contribution in [0.15, 0.2) is 66.7 Å². The minimum Gasteiger partial charge on any atom is -0.497 e. The van der Waals surface area contributed by atoms with Gasteiger partial charge in [0.05, 0.1) is 12.8 Å². The predicted octanol–water partition coefficient (Wildman–Crippen LogP) is 3.11. The van der Waals surface area contributed by atoms with Crippen molar-refractivity contribution in [1.82, 2.24) is 15.1 Å². The van der Waals surface area contributed by atoms with Gasteiger partial charge in [-0.15, -0.1) is 10.2 Å². The molecule has 1 aliphatic rings. The quantitative estimate of drug-likeness (QED) is 0.702. The minimum atomic E-state index is -0.0681. The summed E-state index contributed by atoms with van der Waals surface area (Å²) in [6.45, 7) is 2.89. The highest BCUT2D eigenvalue weighted by molar-refractivity contribution is 5.92. The van der Waals surface area contributed by atoms with Gasteiger partial charge in [-0.25, -0.2) is 0 Å². The summed E-state index contributed by atoms with van der Waals surface area (Å²) in [4.78, 5) is 16.9. The van der Waals surface area contributed by atoms with Gasteiger partial charge in [0, 0.05) is 37.4 Å². The second kappa shape index (κ2) is 8.08. The molecular weight excluding hydrogens is 352 g/mol. The molecular formula is C22H22N4O2. The van der Waals surface area contributed by atoms with E-state index in [0.29, 0.717) is 18.8 Å². The fraction of sp³-hybridized carbons (Fsp3) is 0.227. The van der Waals surface area contributed by atoms with Crippen molar-refractivity contribution in [2.75, 3.05) is 38.2 Å². The largest absolute Gasteiger partial charge is 0.497 e. The van der Waals surface area contributed by atoms with Crippen LogP contribution in [-0.4, -0.2) is 54.3 Å². The number of hydrogen-bond donors (Lipinski definition) is 0. The number of rotatable bonds is 4. The molecule has 2 aromatic carbocycles. The Morgan fingerprint density at radius 1 is 0.857 bits per heavy atom. The predicted molar refractivity (Wildman–Crippen MR) is 109 cm³/mol. The first-order valence-electron chi connectivity index (χ1n) is 9.32. The molecule has 3 aromatic rings. The lowest BCUT2D eigenvalue weighted by Crippen LogP contribution is -2.49. The molecule has 0 saturated carbocycles. The lowest BCUT2D eigenvalue weighted by Gasteiger charge is -2.36. The van der Waals surface area contributed by atoms with Gasteiger partial charge in [-0.1, -0.05) is 30.3 Å². The first-order chi connectivity index (χ1) is 13.7. The highest BCUT2D eigenvalue weighted by atomic mass is 16.5. The van der Waals surface area contributed by atoms with E-state index in [1.165, 1.54) is 0 Å². The number of hydrogen-bond acceptors (Lipinski definition) is 5. The Morgan fingerprint density at radius 3 is 2.18 bits per heavy atom. The third-order valence-electron chi connectivity index (χ3n) is 4.96. The summed E-state index contributed by atoms with van der Waals surface area (Å²) in [6, 6.07) is 21.4. The summed E-state index contributed by atoms with van der Waals surface area (Å²) in [6.07, 6.45) is 0. The highest BCUT2D eigenvalue weighted by Gasteiger charge is 2.23. The Kier molecular flexibility index (Phi) is 5.19. The average Bonchev–Trinajstić information content (AvgIpc) is 2.79. The van der Waals surface area contributed by atoms with Crippen LogP contribution >= 0.6 is 0 Å². The SMILES string of the molecule is COc1ccc(N2CCN(C(=O)c3ccc(-c4ccccc4)nn3)CC2)cc1. The minimum absolute atomic E-state index is 0.0681. The molecule has 4 rings (SSSR count). The maximum Gasteiger partial charge on any atom is 0.274 e. The van der Waals surface area contributed by atoms with Gasteiger partial charge < -0.3 is 14.5 Å². The molecule has 142 valence electrons. The molecule has 0 bridgehead atoms. The van der Waals surface area contributed by atoms with Crippen molar-refractivity contribution in [3.05, 3.63) is 72.4 Å². The molecule has 1 saturated heterocycles. The van der Waals surface area contributed by atoms with Crippen molar-refractivity contribution >= 4 is 11.6 Å². The van der Waals surface area contributed by atoms with E-state index < -0.39 is 0 Å². The van der Waals surface area contributed by atoms with Crippen LogP contribution < -0.4 is 9.64 Å². The maximum absolute atomic E-state index is 12.8. The van der Waals surface area contributed by atoms with E-state index in [1.807, 2.05) is 65.6 Å². The lowest BCUT2D eigenvalue weighted by molar-refractivity contribution is 0.0739. The van der Waals surface area contributed by atoms with Crippen molar-refractivity contribution in [3.63, 3.8) is 0 Å². The molecule has 0 radical (unpaired) electrons. The average molecular weight is 374 g/mol. The summed E-state index contributed by atoms with van der Waals surface area (Å²) < 4.78 is 5.21. The summed E-state index contributed by atoms with van der Waals surface area (Å²) in [5.41, 5.74) is 3.28. The van der Waals surface area contributed by atoms with Gasteiger partial charge in [0.25, 0.3) is 5.91 Å². The van der Waals surface area contributed by atoms with Gasteiger partial charge in [0.1, 0.15) is 5.75 Å². The summed E-state index contributed by atoms with van der Waals surface area (Å²) in [5, 5.41) is 8.38. The van der Waals surface area contributed by atoms with Crippen molar-refractivity contribution in [2.45, 2.75) is 0 Å². The molecule has 0 aliphatic carbocycles. The van der Waals surface area contributed by atoms with Crippen LogP contribution in [0.25, 0.3) is 11.3 Å². The van der Waals surface area contributed by atoms with Gasteiger partial charge >= 0.3 is 0 Å². The third kappa shape index (κ3) is 3.81. The molecule has 0 N–H and O–H groups in total. The molecule has 1 aliphatic heterocycles. The van der Waals surface area contributed by atoms with E-state index in [-0.39, 0.29) is 5.91 Å². The molecule has 0 unspecified atom stereocenters. The zero-order valence-electron chi connectivity index (χ0n) is 15.8. The number of benzene rings is 2. The number of methoxy groups -OCH3 is 1. The molecule has 6 heteroatoms. The van der Waals surface area contributed by atoms with Gasteiger partial charge in [-0.2, -0.15) is 0 Å². The molecule has 0 spiro atoms. The highest BCUT2D eigenvalue weighted by Crippen LogP contribution is 2.21. The first-order valence-corrected chi connectivity index (χ1v) is 9.32. The van der Waals surface area contributed by atoms with Gasteiger partial charge in [-0.05, 0) is 36.4 Å². The van der Waals surface area contributed by atoms with Crippen LogP contribution in [0.4, 0.5) is 5.69 Å². The fourth-order valence-electron chi connectivity index (χ4n) is 3.33. The van der Waals surface area contributed by atoms with E-state index in [0.717, 1.165) is 35.8 Å². The number of carbonyl (C=O) groups excluding carboxylic acids is 1. The Labute approximate surface area is 164 Å². The lowest BCUT2D eigenvalue weighted by atomic mass is 10.1. The molecule has 28 heavy (non-hydrogen) atoms. The van der Waals surface area contributed by atoms with E-state index in [4.69, 9.17) is 4.74 Å². The molecule has 1 aromatic heterocycles. The van der Waals surface area contributed by atoms with Gasteiger partial charge in [-0.3, -0.25) is 4.79 Å². The summed E-state index contributed by atoms with van der Waals surface area (Å²) in [5.74, 6) is 0.775. The second-order valence-electron chi connectivity index (χ2n) is 6.65. The summed E-state index contributed by atoms with van der Waals surface area (Å²) >= 11 is 0. The normalized spacial score (nSPS) is 14.0. The zero-order chi connectivity index (χ0) is 19.3. The molecule has 0 atom stereocenters. The first kappa shape index (κ1) is 18.0. The zero-order valence-corrected chi connectivity index (χ0v) is 15.8. The number of amides is 1. The van der Waals surface area contributed by atoms with E-state index in [2.05, 4.69) is 15.1 Å². The van der Waals surface area contributed by atoms with Crippen LogP contribution in [0.3, 0.4) is 0 Å². The number of anilines is 1. The maximum atomic E-state index is 12.8. The van der Waals surface area contributed by atoms with Crippen LogP contribution in [0, 0.1) is 0 Å². The molecule has 1 fully saturated rings. The Morgan fingerprint density at radius 2 is 1.57 bits per heavy atom. The topological polar surface area (TPSA) is 58.6 Å². The summed E-state index contributed by atoms with van der Waals surface area (Å²) in [7, 11) is 1.66. The van der Waals surface area contributed by atoms with Crippen LogP contribution in [-0.2, 0) is 0 Å². The van der Waals surface area contributed by atoms with E-state index in [9.17, 15) is 4.79 Å². The van der Waals surface area contributed by atoms with Crippen molar-refractivity contribution < 1.29 is 9.53 Å². The molecule has 1 amide bonds.